The van der Waals surface area contributed by atoms with Gasteiger partial charge in [-0.15, -0.1) is 11.8 Å². The first-order valence-corrected chi connectivity index (χ1v) is 11.6. The number of sulfone groups is 1. The first-order chi connectivity index (χ1) is 11.0. The van der Waals surface area contributed by atoms with Gasteiger partial charge in [-0.1, -0.05) is 0 Å². The van der Waals surface area contributed by atoms with Crippen LogP contribution in [0, 0.1) is 5.92 Å². The molecule has 2 saturated heterocycles. The summed E-state index contributed by atoms with van der Waals surface area (Å²) in [4.78, 5) is 0. The summed E-state index contributed by atoms with van der Waals surface area (Å²) >= 11 is 1.91. The number of rotatable bonds is 5. The molecular weight excluding hydrogens is 334 g/mol. The molecule has 23 heavy (non-hydrogen) atoms. The van der Waals surface area contributed by atoms with Gasteiger partial charge in [0.1, 0.15) is 16.1 Å². The van der Waals surface area contributed by atoms with Crippen molar-refractivity contribution in [3.63, 3.8) is 0 Å². The lowest BCUT2D eigenvalue weighted by molar-refractivity contribution is 0.120. The van der Waals surface area contributed by atoms with E-state index in [0.29, 0.717) is 17.3 Å². The molecule has 6 nitrogen and oxygen atoms in total. The summed E-state index contributed by atoms with van der Waals surface area (Å²) in [5.74, 6) is 1.55. The molecule has 0 bridgehead atoms. The molecule has 3 aliphatic rings. The van der Waals surface area contributed by atoms with Crippen LogP contribution in [0.25, 0.3) is 0 Å². The fourth-order valence-electron chi connectivity index (χ4n) is 3.85. The lowest BCUT2D eigenvalue weighted by Crippen LogP contribution is -2.57. The Morgan fingerprint density at radius 1 is 1.17 bits per heavy atom. The fourth-order valence-corrected chi connectivity index (χ4v) is 6.10. The lowest BCUT2D eigenvalue weighted by atomic mass is 9.83. The van der Waals surface area contributed by atoms with Gasteiger partial charge in [0.2, 0.25) is 0 Å². The second kappa shape index (κ2) is 8.01. The number of hydrogen-bond acceptors (Lipinski definition) is 7. The molecule has 3 N–H and O–H groups in total. The molecule has 2 aliphatic heterocycles. The maximum atomic E-state index is 11.7. The van der Waals surface area contributed by atoms with E-state index in [1.165, 1.54) is 6.26 Å². The molecule has 3 rings (SSSR count). The van der Waals surface area contributed by atoms with E-state index in [9.17, 15) is 8.42 Å². The smallest absolute Gasteiger partial charge is 0.150 e. The maximum Gasteiger partial charge on any atom is 0.150 e. The average Bonchev–Trinajstić information content (AvgIpc) is 3.06. The van der Waals surface area contributed by atoms with Gasteiger partial charge in [-0.25, -0.2) is 8.42 Å². The molecule has 0 spiro atoms. The topological polar surface area (TPSA) is 79.5 Å². The van der Waals surface area contributed by atoms with Crippen LogP contribution in [0.4, 0.5) is 0 Å². The van der Waals surface area contributed by atoms with E-state index >= 15 is 0 Å². The minimum atomic E-state index is -2.87. The van der Waals surface area contributed by atoms with Gasteiger partial charge in [0.05, 0.1) is 17.2 Å². The molecule has 1 aliphatic carbocycles. The number of hydrogen-bond donors (Lipinski definition) is 3. The minimum absolute atomic E-state index is 0.119. The Morgan fingerprint density at radius 2 is 1.96 bits per heavy atom. The summed E-state index contributed by atoms with van der Waals surface area (Å²) in [6.07, 6.45) is 5.24. The summed E-state index contributed by atoms with van der Waals surface area (Å²) in [7, 11) is -2.87. The van der Waals surface area contributed by atoms with Crippen LogP contribution in [-0.2, 0) is 14.6 Å². The van der Waals surface area contributed by atoms with Crippen LogP contribution in [0.5, 0.6) is 0 Å². The van der Waals surface area contributed by atoms with Crippen LogP contribution in [-0.4, -0.2) is 69.6 Å². The first-order valence-electron chi connectivity index (χ1n) is 8.64. The zero-order chi connectivity index (χ0) is 16.3. The highest BCUT2D eigenvalue weighted by molar-refractivity contribution is 7.99. The van der Waals surface area contributed by atoms with Crippen molar-refractivity contribution in [1.29, 1.82) is 0 Å². The fraction of sp³-hybridized carbons (Fsp3) is 1.00. The Labute approximate surface area is 143 Å². The summed E-state index contributed by atoms with van der Waals surface area (Å²) in [5, 5.41) is 10.9. The largest absolute Gasteiger partial charge is 0.361 e. The van der Waals surface area contributed by atoms with Crippen LogP contribution >= 0.6 is 11.8 Å². The number of thioether (sulfide) groups is 1. The van der Waals surface area contributed by atoms with Crippen molar-refractivity contribution in [2.45, 2.75) is 48.6 Å². The van der Waals surface area contributed by atoms with E-state index in [1.54, 1.807) is 0 Å². The zero-order valence-corrected chi connectivity index (χ0v) is 15.4. The summed E-state index contributed by atoms with van der Waals surface area (Å²) < 4.78 is 29.0. The normalized spacial score (nSPS) is 39.4. The van der Waals surface area contributed by atoms with Gasteiger partial charge in [-0.05, 0) is 31.6 Å². The first kappa shape index (κ1) is 17.9. The molecule has 134 valence electrons. The van der Waals surface area contributed by atoms with Crippen LogP contribution in [0.3, 0.4) is 0 Å². The van der Waals surface area contributed by atoms with Crippen LogP contribution in [0.2, 0.25) is 0 Å². The third kappa shape index (κ3) is 5.06. The van der Waals surface area contributed by atoms with E-state index < -0.39 is 9.84 Å². The third-order valence-corrected chi connectivity index (χ3v) is 8.11. The molecule has 0 radical (unpaired) electrons. The quantitative estimate of drug-likeness (QED) is 0.642. The number of ether oxygens (including phenoxy) is 1. The average molecular weight is 364 g/mol. The molecule has 3 atom stereocenters. The van der Waals surface area contributed by atoms with Gasteiger partial charge in [0, 0.05) is 37.7 Å². The third-order valence-electron chi connectivity index (χ3n) is 5.23. The van der Waals surface area contributed by atoms with Crippen molar-refractivity contribution >= 4 is 21.6 Å². The van der Waals surface area contributed by atoms with Crippen LogP contribution in [0.15, 0.2) is 0 Å². The molecule has 0 amide bonds. The SMILES string of the molecule is CS(=O)(=O)C1CCC(C2CNCC(SCC3NCCO3)N2)CC1. The van der Waals surface area contributed by atoms with Crippen LogP contribution < -0.4 is 16.0 Å². The molecule has 0 aromatic heterocycles. The molecule has 0 aromatic carbocycles. The standard InChI is InChI=1S/C15H29N3O3S2/c1-23(19,20)12-4-2-11(3-5-12)13-8-16-9-15(18-13)22-10-14-17-6-7-21-14/h11-18H,2-10H2,1H3. The summed E-state index contributed by atoms with van der Waals surface area (Å²) in [6, 6.07) is 0.458. The van der Waals surface area contributed by atoms with Gasteiger partial charge in [-0.3, -0.25) is 10.6 Å². The van der Waals surface area contributed by atoms with Gasteiger partial charge in [-0.2, -0.15) is 0 Å². The highest BCUT2D eigenvalue weighted by Gasteiger charge is 2.34. The van der Waals surface area contributed by atoms with E-state index in [1.807, 2.05) is 11.8 Å². The van der Waals surface area contributed by atoms with Gasteiger partial charge >= 0.3 is 0 Å². The van der Waals surface area contributed by atoms with Crippen molar-refractivity contribution in [3.05, 3.63) is 0 Å². The highest BCUT2D eigenvalue weighted by Crippen LogP contribution is 2.31. The maximum absolute atomic E-state index is 11.7. The Bertz CT molecular complexity index is 474. The highest BCUT2D eigenvalue weighted by atomic mass is 32.2. The van der Waals surface area contributed by atoms with Crippen molar-refractivity contribution < 1.29 is 13.2 Å². The molecular formula is C15H29N3O3S2. The Kier molecular flexibility index (Phi) is 6.25. The van der Waals surface area contributed by atoms with Crippen molar-refractivity contribution in [2.24, 2.45) is 5.92 Å². The Balaban J connectivity index is 1.43. The molecule has 8 heteroatoms. The Hall–Kier alpha value is 0.140. The van der Waals surface area contributed by atoms with E-state index in [-0.39, 0.29) is 11.5 Å². The van der Waals surface area contributed by atoms with Gasteiger partial charge < -0.3 is 10.1 Å². The predicted octanol–water partition coefficient (Wildman–Crippen LogP) is 0.156. The van der Waals surface area contributed by atoms with E-state index in [4.69, 9.17) is 4.74 Å². The minimum Gasteiger partial charge on any atom is -0.361 e. The monoisotopic (exact) mass is 363 g/mol. The number of nitrogens with one attached hydrogen (secondary N) is 3. The molecule has 3 unspecified atom stereocenters. The van der Waals surface area contributed by atoms with E-state index in [0.717, 1.165) is 57.7 Å². The lowest BCUT2D eigenvalue weighted by Gasteiger charge is -2.39. The summed E-state index contributed by atoms with van der Waals surface area (Å²) in [6.45, 7) is 3.73. The zero-order valence-electron chi connectivity index (χ0n) is 13.8. The van der Waals surface area contributed by atoms with Gasteiger partial charge in [0.15, 0.2) is 0 Å². The predicted molar refractivity (Wildman–Crippen MR) is 94.4 cm³/mol. The van der Waals surface area contributed by atoms with Gasteiger partial charge in [0.25, 0.3) is 0 Å². The molecule has 3 fully saturated rings. The molecule has 1 saturated carbocycles. The van der Waals surface area contributed by atoms with E-state index in [2.05, 4.69) is 16.0 Å². The second-order valence-electron chi connectivity index (χ2n) is 6.93. The van der Waals surface area contributed by atoms with Crippen molar-refractivity contribution in [1.82, 2.24) is 16.0 Å². The molecule has 2 heterocycles. The van der Waals surface area contributed by atoms with Crippen molar-refractivity contribution in [2.75, 3.05) is 38.2 Å². The molecule has 0 aromatic rings. The van der Waals surface area contributed by atoms with Crippen molar-refractivity contribution in [3.8, 4) is 0 Å². The number of piperazine rings is 1. The second-order valence-corrected chi connectivity index (χ2v) is 10.5. The summed E-state index contributed by atoms with van der Waals surface area (Å²) in [5.41, 5.74) is 0. The van der Waals surface area contributed by atoms with Crippen LogP contribution in [0.1, 0.15) is 25.7 Å². The Morgan fingerprint density at radius 3 is 2.61 bits per heavy atom.